The van der Waals surface area contributed by atoms with Crippen LogP contribution in [0.4, 0.5) is 0 Å². The van der Waals surface area contributed by atoms with E-state index >= 15 is 0 Å². The molecular weight excluding hydrogens is 395 g/mol. The Morgan fingerprint density at radius 2 is 1.75 bits per heavy atom. The molecule has 2 aromatic carbocycles. The van der Waals surface area contributed by atoms with E-state index in [1.165, 1.54) is 0 Å². The summed E-state index contributed by atoms with van der Waals surface area (Å²) >= 11 is 12.5. The van der Waals surface area contributed by atoms with Crippen LogP contribution in [-0.2, 0) is 11.3 Å². The predicted octanol–water partition coefficient (Wildman–Crippen LogP) is 5.77. The van der Waals surface area contributed by atoms with Gasteiger partial charge in [-0.05, 0) is 50.6 Å². The zero-order valence-corrected chi connectivity index (χ0v) is 17.2. The first-order chi connectivity index (χ1) is 13.5. The van der Waals surface area contributed by atoms with Gasteiger partial charge in [0.05, 0.1) is 22.2 Å². The Kier molecular flexibility index (Phi) is 5.49. The molecule has 5 nitrogen and oxygen atoms in total. The van der Waals surface area contributed by atoms with Crippen molar-refractivity contribution in [1.29, 1.82) is 0 Å². The van der Waals surface area contributed by atoms with Gasteiger partial charge in [-0.3, -0.25) is 0 Å². The van der Waals surface area contributed by atoms with Crippen molar-refractivity contribution >= 4 is 45.5 Å². The van der Waals surface area contributed by atoms with E-state index in [0.29, 0.717) is 28.8 Å². The van der Waals surface area contributed by atoms with Crippen molar-refractivity contribution in [2.24, 2.45) is 0 Å². The maximum absolute atomic E-state index is 6.47. The van der Waals surface area contributed by atoms with Gasteiger partial charge in [-0.2, -0.15) is 0 Å². The number of nitrogens with zero attached hydrogens (tertiary/aromatic N) is 4. The maximum atomic E-state index is 6.47. The Labute approximate surface area is 173 Å². The minimum Gasteiger partial charge on any atom is -0.379 e. The van der Waals surface area contributed by atoms with Gasteiger partial charge in [0.25, 0.3) is 0 Å². The molecular formula is C21H20Cl2N4O. The minimum absolute atomic E-state index is 0.202. The molecule has 0 saturated carbocycles. The van der Waals surface area contributed by atoms with Crippen LogP contribution in [0.1, 0.15) is 20.3 Å². The summed E-state index contributed by atoms with van der Waals surface area (Å²) in [7, 11) is 0. The SMILES string of the molecule is CC(C)OCCCn1c(-c2ccc(Cl)cc2Cl)nc2nc3ccccc3nc21. The molecule has 0 atom stereocenters. The first-order valence-electron chi connectivity index (χ1n) is 9.23. The summed E-state index contributed by atoms with van der Waals surface area (Å²) in [6, 6.07) is 13.2. The van der Waals surface area contributed by atoms with Gasteiger partial charge in [-0.25, -0.2) is 15.0 Å². The molecule has 7 heteroatoms. The molecule has 2 heterocycles. The molecule has 144 valence electrons. The average molecular weight is 415 g/mol. The van der Waals surface area contributed by atoms with Crippen LogP contribution >= 0.6 is 23.2 Å². The zero-order valence-electron chi connectivity index (χ0n) is 15.7. The molecule has 2 aromatic heterocycles. The summed E-state index contributed by atoms with van der Waals surface area (Å²) in [5.74, 6) is 0.733. The van der Waals surface area contributed by atoms with Gasteiger partial charge in [-0.1, -0.05) is 35.3 Å². The molecule has 0 saturated heterocycles. The van der Waals surface area contributed by atoms with Crippen LogP contribution in [0.15, 0.2) is 42.5 Å². The van der Waals surface area contributed by atoms with Crippen LogP contribution in [0.2, 0.25) is 10.0 Å². The molecule has 4 rings (SSSR count). The van der Waals surface area contributed by atoms with Gasteiger partial charge in [0.1, 0.15) is 5.82 Å². The van der Waals surface area contributed by atoms with Crippen molar-refractivity contribution in [3.05, 3.63) is 52.5 Å². The second-order valence-corrected chi connectivity index (χ2v) is 7.69. The molecule has 28 heavy (non-hydrogen) atoms. The molecule has 0 aliphatic rings. The summed E-state index contributed by atoms with van der Waals surface area (Å²) < 4.78 is 7.76. The Morgan fingerprint density at radius 3 is 2.46 bits per heavy atom. The van der Waals surface area contributed by atoms with Crippen molar-refractivity contribution in [3.8, 4) is 11.4 Å². The highest BCUT2D eigenvalue weighted by atomic mass is 35.5. The lowest BCUT2D eigenvalue weighted by molar-refractivity contribution is 0.0750. The normalized spacial score (nSPS) is 11.8. The number of halogens is 2. The van der Waals surface area contributed by atoms with E-state index in [2.05, 4.69) is 4.57 Å². The fraction of sp³-hybridized carbons (Fsp3) is 0.286. The van der Waals surface area contributed by atoms with Crippen LogP contribution in [-0.4, -0.2) is 32.2 Å². The Bertz CT molecular complexity index is 1140. The van der Waals surface area contributed by atoms with E-state index in [-0.39, 0.29) is 6.10 Å². The first-order valence-corrected chi connectivity index (χ1v) is 9.98. The van der Waals surface area contributed by atoms with Crippen molar-refractivity contribution in [3.63, 3.8) is 0 Å². The lowest BCUT2D eigenvalue weighted by Gasteiger charge is -2.11. The van der Waals surface area contributed by atoms with E-state index in [4.69, 9.17) is 42.9 Å². The number of hydrogen-bond donors (Lipinski definition) is 0. The topological polar surface area (TPSA) is 52.8 Å². The van der Waals surface area contributed by atoms with Crippen LogP contribution < -0.4 is 0 Å². The third kappa shape index (κ3) is 3.83. The molecule has 0 bridgehead atoms. The number of aromatic nitrogens is 4. The molecule has 0 aliphatic heterocycles. The van der Waals surface area contributed by atoms with Gasteiger partial charge in [-0.15, -0.1) is 0 Å². The van der Waals surface area contributed by atoms with Crippen molar-refractivity contribution < 1.29 is 4.74 Å². The molecule has 0 N–H and O–H groups in total. The molecule has 0 fully saturated rings. The number of imidazole rings is 1. The lowest BCUT2D eigenvalue weighted by Crippen LogP contribution is -2.09. The number of hydrogen-bond acceptors (Lipinski definition) is 4. The number of fused-ring (bicyclic) bond motifs is 2. The standard InChI is InChI=1S/C21H20Cl2N4O/c1-13(2)28-11-5-10-27-20(15-9-8-14(22)12-16(15)23)26-19-21(27)25-18-7-4-3-6-17(18)24-19/h3-4,6-9,12-13H,5,10-11H2,1-2H3. The van der Waals surface area contributed by atoms with Crippen LogP contribution in [0.5, 0.6) is 0 Å². The summed E-state index contributed by atoms with van der Waals surface area (Å²) in [4.78, 5) is 14.3. The summed E-state index contributed by atoms with van der Waals surface area (Å²) in [6.45, 7) is 5.42. The second kappa shape index (κ2) is 8.03. The smallest absolute Gasteiger partial charge is 0.198 e. The van der Waals surface area contributed by atoms with Gasteiger partial charge < -0.3 is 9.30 Å². The fourth-order valence-electron chi connectivity index (χ4n) is 3.13. The largest absolute Gasteiger partial charge is 0.379 e. The number of ether oxygens (including phenoxy) is 1. The van der Waals surface area contributed by atoms with Crippen LogP contribution in [0.3, 0.4) is 0 Å². The minimum atomic E-state index is 0.202. The van der Waals surface area contributed by atoms with E-state index < -0.39 is 0 Å². The third-order valence-electron chi connectivity index (χ3n) is 4.41. The molecule has 0 unspecified atom stereocenters. The quantitative estimate of drug-likeness (QED) is 0.375. The molecule has 0 amide bonds. The maximum Gasteiger partial charge on any atom is 0.198 e. The number of aryl methyl sites for hydroxylation is 1. The fourth-order valence-corrected chi connectivity index (χ4v) is 3.62. The summed E-state index contributed by atoms with van der Waals surface area (Å²) in [5, 5.41) is 1.13. The Morgan fingerprint density at radius 1 is 1.00 bits per heavy atom. The monoisotopic (exact) mass is 414 g/mol. The van der Waals surface area contributed by atoms with Crippen molar-refractivity contribution in [2.45, 2.75) is 32.9 Å². The van der Waals surface area contributed by atoms with Crippen molar-refractivity contribution in [1.82, 2.24) is 19.5 Å². The highest BCUT2D eigenvalue weighted by molar-refractivity contribution is 6.36. The highest BCUT2D eigenvalue weighted by Crippen LogP contribution is 2.32. The summed E-state index contributed by atoms with van der Waals surface area (Å²) in [5.41, 5.74) is 3.80. The van der Waals surface area contributed by atoms with E-state index in [9.17, 15) is 0 Å². The van der Waals surface area contributed by atoms with Crippen LogP contribution in [0, 0.1) is 0 Å². The van der Waals surface area contributed by atoms with Gasteiger partial charge in [0, 0.05) is 23.7 Å². The van der Waals surface area contributed by atoms with Gasteiger partial charge >= 0.3 is 0 Å². The van der Waals surface area contributed by atoms with E-state index in [1.54, 1.807) is 6.07 Å². The van der Waals surface area contributed by atoms with Crippen molar-refractivity contribution in [2.75, 3.05) is 6.61 Å². The Balaban J connectivity index is 1.83. The first kappa shape index (κ1) is 19.1. The number of para-hydroxylation sites is 2. The Hall–Kier alpha value is -2.21. The highest BCUT2D eigenvalue weighted by Gasteiger charge is 2.18. The van der Waals surface area contributed by atoms with E-state index in [1.807, 2.05) is 50.2 Å². The van der Waals surface area contributed by atoms with Gasteiger partial charge in [0.2, 0.25) is 0 Å². The second-order valence-electron chi connectivity index (χ2n) is 6.84. The predicted molar refractivity (Wildman–Crippen MR) is 114 cm³/mol. The van der Waals surface area contributed by atoms with Crippen LogP contribution in [0.25, 0.3) is 33.7 Å². The number of rotatable bonds is 6. The molecule has 0 spiro atoms. The molecule has 4 aromatic rings. The van der Waals surface area contributed by atoms with Gasteiger partial charge in [0.15, 0.2) is 11.3 Å². The lowest BCUT2D eigenvalue weighted by atomic mass is 10.2. The van der Waals surface area contributed by atoms with E-state index in [0.717, 1.165) is 34.5 Å². The zero-order chi connectivity index (χ0) is 19.7. The average Bonchev–Trinajstić information content (AvgIpc) is 3.00. The number of benzene rings is 2. The third-order valence-corrected chi connectivity index (χ3v) is 4.95. The molecule has 0 radical (unpaired) electrons. The molecule has 0 aliphatic carbocycles. The summed E-state index contributed by atoms with van der Waals surface area (Å²) in [6.07, 6.45) is 1.03.